The quantitative estimate of drug-likeness (QED) is 0.268. The van der Waals surface area contributed by atoms with Gasteiger partial charge in [-0.05, 0) is 134 Å². The van der Waals surface area contributed by atoms with Gasteiger partial charge in [0.05, 0.1) is 30.0 Å². The van der Waals surface area contributed by atoms with Crippen LogP contribution in [0.4, 0.5) is 0 Å². The maximum absolute atomic E-state index is 11.9. The molecule has 4 rings (SSSR count). The van der Waals surface area contributed by atoms with E-state index in [-0.39, 0.29) is 23.5 Å². The zero-order chi connectivity index (χ0) is 29.0. The molecule has 7 heteroatoms. The van der Waals surface area contributed by atoms with Crippen molar-refractivity contribution in [3.05, 3.63) is 0 Å². The summed E-state index contributed by atoms with van der Waals surface area (Å²) < 4.78 is 12.9. The standard InChI is InChI=1S/C33H61ClN2O4/c1-31(2)22-36(19-16-33(31,38)25-9-11-26(34)12-10-25)18-6-8-28-24(7-5-17-35)15-20-39-30-14-13-27(21-29(28)30)40-32(3,4)23-37/h24-30,37-38H,5-23,35H2,1-4H3/t24?,25?,26?,27-,28?,29+,30?,33?/m0/s1. The molecule has 0 aromatic rings. The lowest BCUT2D eigenvalue weighted by Crippen LogP contribution is -2.61. The zero-order valence-electron chi connectivity index (χ0n) is 26.1. The average molecular weight is 585 g/mol. The molecule has 4 aliphatic rings. The lowest BCUT2D eigenvalue weighted by atomic mass is 9.60. The second kappa shape index (κ2) is 14.2. The van der Waals surface area contributed by atoms with Crippen molar-refractivity contribution in [1.29, 1.82) is 0 Å². The molecule has 0 aromatic carbocycles. The highest BCUT2D eigenvalue weighted by Gasteiger charge is 2.52. The number of rotatable bonds is 11. The Hall–Kier alpha value is 0.0500. The van der Waals surface area contributed by atoms with E-state index in [0.29, 0.717) is 29.8 Å². The summed E-state index contributed by atoms with van der Waals surface area (Å²) in [5.41, 5.74) is 4.77. The highest BCUT2D eigenvalue weighted by atomic mass is 35.5. The van der Waals surface area contributed by atoms with Crippen molar-refractivity contribution in [2.75, 3.05) is 39.4 Å². The fourth-order valence-electron chi connectivity index (χ4n) is 8.98. The molecule has 2 aliphatic heterocycles. The maximum atomic E-state index is 11.9. The van der Waals surface area contributed by atoms with E-state index < -0.39 is 11.2 Å². The Morgan fingerprint density at radius 2 is 1.80 bits per heavy atom. The monoisotopic (exact) mass is 584 g/mol. The van der Waals surface area contributed by atoms with Gasteiger partial charge in [-0.25, -0.2) is 0 Å². The van der Waals surface area contributed by atoms with Gasteiger partial charge < -0.3 is 30.3 Å². The molecule has 2 heterocycles. The van der Waals surface area contributed by atoms with Crippen molar-refractivity contribution >= 4 is 11.6 Å². The molecule has 4 N–H and O–H groups in total. The van der Waals surface area contributed by atoms with Crippen LogP contribution in [-0.4, -0.2) is 83.3 Å². The van der Waals surface area contributed by atoms with E-state index in [0.717, 1.165) is 97.0 Å². The van der Waals surface area contributed by atoms with Crippen molar-refractivity contribution in [3.8, 4) is 0 Å². The number of nitrogens with two attached hydrogens (primary N) is 1. The highest BCUT2D eigenvalue weighted by molar-refractivity contribution is 6.20. The van der Waals surface area contributed by atoms with Crippen LogP contribution in [0.3, 0.4) is 0 Å². The first-order valence-corrected chi connectivity index (χ1v) is 17.1. The second-order valence-electron chi connectivity index (χ2n) is 15.1. The molecule has 6 atom stereocenters. The van der Waals surface area contributed by atoms with Crippen LogP contribution in [-0.2, 0) is 9.47 Å². The molecule has 2 saturated heterocycles. The lowest BCUT2D eigenvalue weighted by Gasteiger charge is -2.55. The fraction of sp³-hybridized carbons (Fsp3) is 1.00. The predicted octanol–water partition coefficient (Wildman–Crippen LogP) is 5.74. The van der Waals surface area contributed by atoms with Gasteiger partial charge in [-0.1, -0.05) is 13.8 Å². The SMILES string of the molecule is CC(C)(CO)O[C@H]1CCC2OCCC(CCCN)C(CCCN3CCC(O)(C4CCC(Cl)CC4)C(C)(C)C3)[C@H]2C1. The summed E-state index contributed by atoms with van der Waals surface area (Å²) in [6.45, 7) is 13.3. The number of likely N-dealkylation sites (tertiary alicyclic amines) is 1. The number of ether oxygens (including phenoxy) is 2. The van der Waals surface area contributed by atoms with Crippen molar-refractivity contribution in [1.82, 2.24) is 4.90 Å². The van der Waals surface area contributed by atoms with Gasteiger partial charge in [0, 0.05) is 30.5 Å². The van der Waals surface area contributed by atoms with Crippen molar-refractivity contribution in [3.63, 3.8) is 0 Å². The van der Waals surface area contributed by atoms with Gasteiger partial charge in [-0.2, -0.15) is 0 Å². The number of hydrogen-bond donors (Lipinski definition) is 3. The highest BCUT2D eigenvalue weighted by Crippen LogP contribution is 2.49. The third-order valence-electron chi connectivity index (χ3n) is 11.4. The molecule has 0 aromatic heterocycles. The topological polar surface area (TPSA) is 88.2 Å². The van der Waals surface area contributed by atoms with Crippen LogP contribution < -0.4 is 5.73 Å². The third kappa shape index (κ3) is 7.95. The molecule has 4 fully saturated rings. The number of hydrogen-bond acceptors (Lipinski definition) is 6. The smallest absolute Gasteiger partial charge is 0.0859 e. The number of piperidine rings is 1. The van der Waals surface area contributed by atoms with Gasteiger partial charge in [-0.3, -0.25) is 0 Å². The third-order valence-corrected chi connectivity index (χ3v) is 11.8. The Kier molecular flexibility index (Phi) is 11.7. The molecule has 6 nitrogen and oxygen atoms in total. The summed E-state index contributed by atoms with van der Waals surface area (Å²) in [6, 6.07) is 0. The van der Waals surface area contributed by atoms with Gasteiger partial charge in [0.15, 0.2) is 0 Å². The van der Waals surface area contributed by atoms with Crippen LogP contribution in [0.2, 0.25) is 0 Å². The Morgan fingerprint density at radius 1 is 1.05 bits per heavy atom. The van der Waals surface area contributed by atoms with Crippen molar-refractivity contribution < 1.29 is 19.7 Å². The minimum atomic E-state index is -0.584. The number of alkyl halides is 1. The summed E-state index contributed by atoms with van der Waals surface area (Å²) in [6.07, 6.45) is 14.5. The zero-order valence-corrected chi connectivity index (χ0v) is 26.8. The molecule has 0 amide bonds. The summed E-state index contributed by atoms with van der Waals surface area (Å²) in [4.78, 5) is 2.62. The molecule has 0 radical (unpaired) electrons. The normalized spacial score (nSPS) is 39.5. The molecule has 2 saturated carbocycles. The average Bonchev–Trinajstić information content (AvgIpc) is 3.08. The molecule has 234 valence electrons. The Balaban J connectivity index is 1.37. The molecular weight excluding hydrogens is 524 g/mol. The Labute approximate surface area is 250 Å². The van der Waals surface area contributed by atoms with Crippen LogP contribution in [0.1, 0.15) is 111 Å². The van der Waals surface area contributed by atoms with Gasteiger partial charge >= 0.3 is 0 Å². The summed E-state index contributed by atoms with van der Waals surface area (Å²) >= 11 is 6.39. The van der Waals surface area contributed by atoms with E-state index in [1.165, 1.54) is 19.3 Å². The first kappa shape index (κ1) is 33.0. The largest absolute Gasteiger partial charge is 0.393 e. The second-order valence-corrected chi connectivity index (χ2v) is 15.7. The molecule has 0 bridgehead atoms. The summed E-state index contributed by atoms with van der Waals surface area (Å²) in [5.74, 6) is 2.17. The van der Waals surface area contributed by atoms with Crippen LogP contribution in [0.5, 0.6) is 0 Å². The summed E-state index contributed by atoms with van der Waals surface area (Å²) in [5, 5.41) is 22.0. The van der Waals surface area contributed by atoms with Crippen molar-refractivity contribution in [2.45, 2.75) is 140 Å². The van der Waals surface area contributed by atoms with E-state index >= 15 is 0 Å². The molecule has 40 heavy (non-hydrogen) atoms. The number of aliphatic hydroxyl groups excluding tert-OH is 1. The molecular formula is C33H61ClN2O4. The number of nitrogens with zero attached hydrogens (tertiary/aromatic N) is 1. The van der Waals surface area contributed by atoms with E-state index in [1.807, 2.05) is 13.8 Å². The number of aliphatic hydroxyl groups is 2. The lowest BCUT2D eigenvalue weighted by molar-refractivity contribution is -0.161. The van der Waals surface area contributed by atoms with Crippen LogP contribution in [0.25, 0.3) is 0 Å². The van der Waals surface area contributed by atoms with Crippen LogP contribution >= 0.6 is 11.6 Å². The van der Waals surface area contributed by atoms with Gasteiger partial charge in [-0.15, -0.1) is 11.6 Å². The van der Waals surface area contributed by atoms with Gasteiger partial charge in [0.1, 0.15) is 0 Å². The van der Waals surface area contributed by atoms with E-state index in [2.05, 4.69) is 18.7 Å². The van der Waals surface area contributed by atoms with Crippen LogP contribution in [0, 0.1) is 29.1 Å². The van der Waals surface area contributed by atoms with Crippen molar-refractivity contribution in [2.24, 2.45) is 34.8 Å². The van der Waals surface area contributed by atoms with E-state index in [4.69, 9.17) is 26.8 Å². The molecule has 4 unspecified atom stereocenters. The minimum absolute atomic E-state index is 0.0476. The molecule has 2 aliphatic carbocycles. The van der Waals surface area contributed by atoms with E-state index in [9.17, 15) is 10.2 Å². The van der Waals surface area contributed by atoms with Gasteiger partial charge in [0.2, 0.25) is 0 Å². The van der Waals surface area contributed by atoms with Gasteiger partial charge in [0.25, 0.3) is 0 Å². The Bertz CT molecular complexity index is 774. The summed E-state index contributed by atoms with van der Waals surface area (Å²) in [7, 11) is 0. The van der Waals surface area contributed by atoms with E-state index in [1.54, 1.807) is 0 Å². The number of fused-ring (bicyclic) bond motifs is 1. The fourth-order valence-corrected chi connectivity index (χ4v) is 9.24. The number of halogens is 1. The van der Waals surface area contributed by atoms with Crippen LogP contribution in [0.15, 0.2) is 0 Å². The first-order valence-electron chi connectivity index (χ1n) is 16.7. The maximum Gasteiger partial charge on any atom is 0.0859 e. The minimum Gasteiger partial charge on any atom is -0.393 e. The predicted molar refractivity (Wildman–Crippen MR) is 164 cm³/mol. The first-order chi connectivity index (χ1) is 19.0. The molecule has 0 spiro atoms. The Morgan fingerprint density at radius 3 is 2.48 bits per heavy atom.